The monoisotopic (exact) mass is 416 g/mol. The molecule has 2 aromatic carbocycles. The molecule has 8 heteroatoms. The molecule has 0 fully saturated rings. The summed E-state index contributed by atoms with van der Waals surface area (Å²) in [5.74, 6) is 0.384. The number of anilines is 2. The summed E-state index contributed by atoms with van der Waals surface area (Å²) in [4.78, 5) is 19.6. The fourth-order valence-electron chi connectivity index (χ4n) is 4.00. The van der Waals surface area contributed by atoms with Gasteiger partial charge >= 0.3 is 0 Å². The zero-order chi connectivity index (χ0) is 20.2. The number of nitrogens with zero attached hydrogens (tertiary/aromatic N) is 6. The zero-order valence-corrected chi connectivity index (χ0v) is 16.4. The van der Waals surface area contributed by atoms with Gasteiger partial charge in [-0.3, -0.25) is 4.40 Å². The van der Waals surface area contributed by atoms with Crippen molar-refractivity contribution in [3.05, 3.63) is 78.0 Å². The molecule has 30 heavy (non-hydrogen) atoms. The summed E-state index contributed by atoms with van der Waals surface area (Å²) in [5, 5.41) is 1.02. The first-order valence-corrected chi connectivity index (χ1v) is 9.83. The normalized spacial score (nSPS) is 13.3. The second kappa shape index (κ2) is 6.47. The van der Waals surface area contributed by atoms with Gasteiger partial charge < -0.3 is 4.90 Å². The van der Waals surface area contributed by atoms with E-state index in [1.165, 1.54) is 6.07 Å². The Morgan fingerprint density at radius 1 is 1.00 bits per heavy atom. The maximum Gasteiger partial charge on any atom is 0.156 e. The van der Waals surface area contributed by atoms with Gasteiger partial charge in [0, 0.05) is 35.6 Å². The van der Waals surface area contributed by atoms with Crippen LogP contribution in [0.25, 0.3) is 27.7 Å². The molecule has 1 aliphatic rings. The Balaban J connectivity index is 1.51. The number of imidazole rings is 1. The molecule has 4 heterocycles. The number of hydrogen-bond donors (Lipinski definition) is 0. The van der Waals surface area contributed by atoms with Crippen molar-refractivity contribution in [2.45, 2.75) is 6.42 Å². The first kappa shape index (κ1) is 17.3. The highest BCUT2D eigenvalue weighted by molar-refractivity contribution is 6.31. The summed E-state index contributed by atoms with van der Waals surface area (Å²) in [5.41, 5.74) is 5.40. The fourth-order valence-corrected chi connectivity index (χ4v) is 4.16. The second-order valence-corrected chi connectivity index (χ2v) is 7.63. The molecule has 5 aromatic rings. The van der Waals surface area contributed by atoms with Crippen LogP contribution in [-0.4, -0.2) is 30.9 Å². The highest BCUT2D eigenvalue weighted by Gasteiger charge is 2.25. The van der Waals surface area contributed by atoms with E-state index in [2.05, 4.69) is 30.9 Å². The lowest BCUT2D eigenvalue weighted by atomic mass is 10.1. The Hall–Kier alpha value is -3.58. The lowest BCUT2D eigenvalue weighted by molar-refractivity contribution is 0.627. The molecular formula is C22H14ClFN6. The van der Waals surface area contributed by atoms with Crippen molar-refractivity contribution in [1.29, 1.82) is 0 Å². The average Bonchev–Trinajstić information content (AvgIpc) is 3.39. The van der Waals surface area contributed by atoms with Crippen LogP contribution in [0.2, 0.25) is 5.02 Å². The first-order valence-electron chi connectivity index (χ1n) is 9.46. The smallest absolute Gasteiger partial charge is 0.156 e. The van der Waals surface area contributed by atoms with E-state index in [1.54, 1.807) is 24.9 Å². The lowest BCUT2D eigenvalue weighted by Gasteiger charge is -2.20. The van der Waals surface area contributed by atoms with Gasteiger partial charge in [0.25, 0.3) is 0 Å². The Labute approximate surface area is 175 Å². The number of hydrogen-bond acceptors (Lipinski definition) is 5. The van der Waals surface area contributed by atoms with Crippen LogP contribution in [-0.2, 0) is 6.42 Å². The maximum absolute atomic E-state index is 13.9. The standard InChI is InChI=1S/C22H14ClFN6/c23-17-7-20-14(6-18(17)24)3-4-30(20)22-16-5-13(1-2-19(16)27-11-28-22)15-8-26-21-9-25-12-29(21)10-15/h1-2,5-12H,3-4H2. The van der Waals surface area contributed by atoms with Crippen molar-refractivity contribution in [2.24, 2.45) is 0 Å². The Bertz CT molecular complexity index is 1450. The molecule has 0 spiro atoms. The third kappa shape index (κ3) is 2.63. The number of halogens is 2. The van der Waals surface area contributed by atoms with E-state index < -0.39 is 5.82 Å². The van der Waals surface area contributed by atoms with Crippen LogP contribution in [0.1, 0.15) is 5.56 Å². The number of fused-ring (bicyclic) bond motifs is 3. The van der Waals surface area contributed by atoms with Gasteiger partial charge in [-0.25, -0.2) is 24.3 Å². The van der Waals surface area contributed by atoms with Gasteiger partial charge in [-0.15, -0.1) is 0 Å². The molecule has 0 saturated carbocycles. The van der Waals surface area contributed by atoms with Crippen molar-refractivity contribution in [3.8, 4) is 11.1 Å². The van der Waals surface area contributed by atoms with Crippen LogP contribution < -0.4 is 4.90 Å². The summed E-state index contributed by atoms with van der Waals surface area (Å²) >= 11 is 6.06. The van der Waals surface area contributed by atoms with E-state index in [0.717, 1.165) is 51.2 Å². The molecule has 3 aromatic heterocycles. The second-order valence-electron chi connectivity index (χ2n) is 7.23. The largest absolute Gasteiger partial charge is 0.325 e. The molecule has 1 aliphatic heterocycles. The van der Waals surface area contributed by atoms with Gasteiger partial charge in [-0.2, -0.15) is 0 Å². The summed E-state index contributed by atoms with van der Waals surface area (Å²) < 4.78 is 15.8. The van der Waals surface area contributed by atoms with E-state index in [0.29, 0.717) is 6.54 Å². The van der Waals surface area contributed by atoms with Crippen LogP contribution in [0.5, 0.6) is 0 Å². The van der Waals surface area contributed by atoms with Crippen LogP contribution in [0, 0.1) is 5.82 Å². The predicted molar refractivity (Wildman–Crippen MR) is 114 cm³/mol. The van der Waals surface area contributed by atoms with Crippen molar-refractivity contribution < 1.29 is 4.39 Å². The molecule has 0 atom stereocenters. The molecule has 6 nitrogen and oxygen atoms in total. The van der Waals surface area contributed by atoms with Crippen LogP contribution in [0.4, 0.5) is 15.9 Å². The molecule has 0 aliphatic carbocycles. The zero-order valence-electron chi connectivity index (χ0n) is 15.6. The quantitative estimate of drug-likeness (QED) is 0.412. The highest BCUT2D eigenvalue weighted by Crippen LogP contribution is 2.39. The number of benzene rings is 2. The van der Waals surface area contributed by atoms with E-state index in [-0.39, 0.29) is 5.02 Å². The minimum atomic E-state index is -0.394. The Morgan fingerprint density at radius 2 is 1.93 bits per heavy atom. The Morgan fingerprint density at radius 3 is 2.87 bits per heavy atom. The number of aromatic nitrogens is 5. The maximum atomic E-state index is 13.9. The van der Waals surface area contributed by atoms with Crippen molar-refractivity contribution in [2.75, 3.05) is 11.4 Å². The molecule has 0 bridgehead atoms. The van der Waals surface area contributed by atoms with Crippen LogP contribution >= 0.6 is 11.6 Å². The summed E-state index contributed by atoms with van der Waals surface area (Å²) in [7, 11) is 0. The number of rotatable bonds is 2. The first-order chi connectivity index (χ1) is 14.7. The minimum absolute atomic E-state index is 0.111. The third-order valence-corrected chi connectivity index (χ3v) is 5.77. The fraction of sp³-hybridized carbons (Fsp3) is 0.0909. The van der Waals surface area contributed by atoms with Crippen molar-refractivity contribution in [1.82, 2.24) is 24.3 Å². The average molecular weight is 417 g/mol. The third-order valence-electron chi connectivity index (χ3n) is 5.48. The predicted octanol–water partition coefficient (Wildman–Crippen LogP) is 4.83. The summed E-state index contributed by atoms with van der Waals surface area (Å²) in [6.45, 7) is 0.702. The van der Waals surface area contributed by atoms with Crippen LogP contribution in [0.3, 0.4) is 0 Å². The SMILES string of the molecule is Fc1cc2c(cc1Cl)N(c1ncnc3ccc(-c4cnc5cncn5c4)cc13)CC2. The van der Waals surface area contributed by atoms with Crippen LogP contribution in [0.15, 0.2) is 61.6 Å². The molecular weight excluding hydrogens is 403 g/mol. The van der Waals surface area contributed by atoms with E-state index in [1.807, 2.05) is 28.9 Å². The molecule has 6 rings (SSSR count). The van der Waals surface area contributed by atoms with Gasteiger partial charge in [-0.1, -0.05) is 17.7 Å². The van der Waals surface area contributed by atoms with Crippen molar-refractivity contribution >= 4 is 39.7 Å². The highest BCUT2D eigenvalue weighted by atomic mass is 35.5. The van der Waals surface area contributed by atoms with Gasteiger partial charge in [0.2, 0.25) is 0 Å². The summed E-state index contributed by atoms with van der Waals surface area (Å²) in [6.07, 6.45) is 9.55. The van der Waals surface area contributed by atoms with Gasteiger partial charge in [-0.05, 0) is 41.8 Å². The van der Waals surface area contributed by atoms with Gasteiger partial charge in [0.1, 0.15) is 24.3 Å². The van der Waals surface area contributed by atoms with Gasteiger partial charge in [0.05, 0.1) is 16.7 Å². The molecule has 0 amide bonds. The molecule has 0 unspecified atom stereocenters. The van der Waals surface area contributed by atoms with E-state index >= 15 is 0 Å². The minimum Gasteiger partial charge on any atom is -0.325 e. The lowest BCUT2D eigenvalue weighted by Crippen LogP contribution is -2.15. The van der Waals surface area contributed by atoms with E-state index in [4.69, 9.17) is 11.6 Å². The Kier molecular flexibility index (Phi) is 3.73. The topological polar surface area (TPSA) is 59.2 Å². The van der Waals surface area contributed by atoms with E-state index in [9.17, 15) is 4.39 Å². The molecule has 0 saturated heterocycles. The molecule has 146 valence electrons. The summed E-state index contributed by atoms with van der Waals surface area (Å²) in [6, 6.07) is 9.24. The molecule has 0 N–H and O–H groups in total. The van der Waals surface area contributed by atoms with Crippen molar-refractivity contribution in [3.63, 3.8) is 0 Å². The molecule has 0 radical (unpaired) electrons. The van der Waals surface area contributed by atoms with Gasteiger partial charge in [0.15, 0.2) is 5.65 Å².